The van der Waals surface area contributed by atoms with E-state index in [-0.39, 0.29) is 6.10 Å². The Labute approximate surface area is 110 Å². The second-order valence-corrected chi connectivity index (χ2v) is 6.06. The second-order valence-electron chi connectivity index (χ2n) is 6.06. The smallest absolute Gasteiger partial charge is 0.0761 e. The van der Waals surface area contributed by atoms with Gasteiger partial charge in [-0.2, -0.15) is 0 Å². The lowest BCUT2D eigenvalue weighted by Gasteiger charge is -2.25. The quantitative estimate of drug-likeness (QED) is 0.830. The lowest BCUT2D eigenvalue weighted by atomic mass is 10.1. The second kappa shape index (κ2) is 4.93. The van der Waals surface area contributed by atoms with Crippen molar-refractivity contribution >= 4 is 5.69 Å². The van der Waals surface area contributed by atoms with Crippen LogP contribution in [0.1, 0.15) is 44.3 Å². The summed E-state index contributed by atoms with van der Waals surface area (Å²) < 4.78 is 0. The molecule has 0 aliphatic heterocycles. The van der Waals surface area contributed by atoms with Gasteiger partial charge < -0.3 is 10.0 Å². The highest BCUT2D eigenvalue weighted by atomic mass is 16.3. The Hall–Kier alpha value is -1.02. The fourth-order valence-corrected chi connectivity index (χ4v) is 2.47. The van der Waals surface area contributed by atoms with Crippen LogP contribution in [0, 0.1) is 11.8 Å². The van der Waals surface area contributed by atoms with Gasteiger partial charge in [-0.25, -0.2) is 0 Å². The van der Waals surface area contributed by atoms with Gasteiger partial charge in [-0.15, -0.1) is 0 Å². The molecule has 0 radical (unpaired) electrons. The lowest BCUT2D eigenvalue weighted by molar-refractivity contribution is 0.199. The molecule has 1 aromatic rings. The van der Waals surface area contributed by atoms with Crippen LogP contribution in [0.4, 0.5) is 5.69 Å². The van der Waals surface area contributed by atoms with Crippen molar-refractivity contribution in [1.82, 2.24) is 0 Å². The highest BCUT2D eigenvalue weighted by Gasteiger charge is 2.29. The standard InChI is InChI=1S/C16H23NO/c1-12(18)15-6-8-16(9-7-15)17(10-13-2-3-13)11-14-4-5-14/h6-9,12-14,18H,2-5,10-11H2,1H3/t12-/m1/s1. The van der Waals surface area contributed by atoms with Crippen LogP contribution in [0.5, 0.6) is 0 Å². The summed E-state index contributed by atoms with van der Waals surface area (Å²) in [6.07, 6.45) is 5.28. The number of hydrogen-bond donors (Lipinski definition) is 1. The molecule has 1 aromatic carbocycles. The molecule has 3 rings (SSSR count). The molecule has 0 saturated heterocycles. The zero-order chi connectivity index (χ0) is 12.5. The molecule has 0 unspecified atom stereocenters. The summed E-state index contributed by atoms with van der Waals surface area (Å²) in [4.78, 5) is 2.56. The van der Waals surface area contributed by atoms with Gasteiger partial charge in [0.1, 0.15) is 0 Å². The van der Waals surface area contributed by atoms with Crippen molar-refractivity contribution in [2.45, 2.75) is 38.7 Å². The Morgan fingerprint density at radius 2 is 1.56 bits per heavy atom. The number of hydrogen-bond acceptors (Lipinski definition) is 2. The maximum absolute atomic E-state index is 9.55. The van der Waals surface area contributed by atoms with E-state index >= 15 is 0 Å². The zero-order valence-electron chi connectivity index (χ0n) is 11.2. The third-order valence-corrected chi connectivity index (χ3v) is 4.09. The van der Waals surface area contributed by atoms with Crippen molar-refractivity contribution in [3.63, 3.8) is 0 Å². The fourth-order valence-electron chi connectivity index (χ4n) is 2.47. The molecule has 0 bridgehead atoms. The van der Waals surface area contributed by atoms with E-state index < -0.39 is 0 Å². The Morgan fingerprint density at radius 1 is 1.06 bits per heavy atom. The highest BCUT2D eigenvalue weighted by molar-refractivity contribution is 5.48. The molecule has 2 aliphatic carbocycles. The van der Waals surface area contributed by atoms with E-state index in [0.717, 1.165) is 17.4 Å². The molecule has 2 nitrogen and oxygen atoms in total. The normalized spacial score (nSPS) is 20.8. The van der Waals surface area contributed by atoms with Gasteiger partial charge in [0.15, 0.2) is 0 Å². The van der Waals surface area contributed by atoms with Gasteiger partial charge in [-0.05, 0) is 62.1 Å². The summed E-state index contributed by atoms with van der Waals surface area (Å²) >= 11 is 0. The number of nitrogens with zero attached hydrogens (tertiary/aromatic N) is 1. The Balaban J connectivity index is 1.70. The van der Waals surface area contributed by atoms with E-state index in [0.29, 0.717) is 0 Å². The van der Waals surface area contributed by atoms with Crippen LogP contribution in [-0.4, -0.2) is 18.2 Å². The molecule has 1 N–H and O–H groups in total. The van der Waals surface area contributed by atoms with Crippen molar-refractivity contribution in [3.05, 3.63) is 29.8 Å². The monoisotopic (exact) mass is 245 g/mol. The first-order valence-corrected chi connectivity index (χ1v) is 7.25. The molecule has 2 heteroatoms. The Bertz CT molecular complexity index is 376. The molecule has 2 saturated carbocycles. The van der Waals surface area contributed by atoms with E-state index in [9.17, 15) is 5.11 Å². The van der Waals surface area contributed by atoms with Gasteiger partial charge in [-0.1, -0.05) is 12.1 Å². The molecule has 0 amide bonds. The maximum Gasteiger partial charge on any atom is 0.0761 e. The lowest BCUT2D eigenvalue weighted by Crippen LogP contribution is -2.27. The van der Waals surface area contributed by atoms with Gasteiger partial charge in [0, 0.05) is 18.8 Å². The van der Waals surface area contributed by atoms with Crippen LogP contribution in [0.15, 0.2) is 24.3 Å². The SMILES string of the molecule is C[C@@H](O)c1ccc(N(CC2CC2)CC2CC2)cc1. The van der Waals surface area contributed by atoms with Crippen LogP contribution in [0.3, 0.4) is 0 Å². The molecule has 2 aliphatic rings. The van der Waals surface area contributed by atoms with Crippen molar-refractivity contribution in [2.75, 3.05) is 18.0 Å². The van der Waals surface area contributed by atoms with Gasteiger partial charge >= 0.3 is 0 Å². The molecule has 18 heavy (non-hydrogen) atoms. The van der Waals surface area contributed by atoms with Crippen LogP contribution < -0.4 is 4.90 Å². The number of aliphatic hydroxyl groups excluding tert-OH is 1. The third kappa shape index (κ3) is 3.05. The average molecular weight is 245 g/mol. The van der Waals surface area contributed by atoms with E-state index in [1.54, 1.807) is 0 Å². The zero-order valence-corrected chi connectivity index (χ0v) is 11.2. The van der Waals surface area contributed by atoms with Crippen molar-refractivity contribution < 1.29 is 5.11 Å². The largest absolute Gasteiger partial charge is 0.389 e. The van der Waals surface area contributed by atoms with E-state index in [1.807, 2.05) is 6.92 Å². The summed E-state index contributed by atoms with van der Waals surface area (Å²) in [5.74, 6) is 1.86. The van der Waals surface area contributed by atoms with Gasteiger partial charge in [-0.3, -0.25) is 0 Å². The van der Waals surface area contributed by atoms with Gasteiger partial charge in [0.05, 0.1) is 6.10 Å². The summed E-state index contributed by atoms with van der Waals surface area (Å²) in [6, 6.07) is 8.47. The summed E-state index contributed by atoms with van der Waals surface area (Å²) in [6.45, 7) is 4.27. The van der Waals surface area contributed by atoms with Crippen LogP contribution in [0.25, 0.3) is 0 Å². The number of anilines is 1. The first kappa shape index (κ1) is 12.0. The first-order chi connectivity index (χ1) is 8.72. The molecule has 1 atom stereocenters. The molecule has 0 heterocycles. The van der Waals surface area contributed by atoms with Crippen LogP contribution >= 0.6 is 0 Å². The summed E-state index contributed by atoms with van der Waals surface area (Å²) in [5.41, 5.74) is 2.34. The molecule has 2 fully saturated rings. The molecular weight excluding hydrogens is 222 g/mol. The minimum atomic E-state index is -0.362. The maximum atomic E-state index is 9.55. The van der Waals surface area contributed by atoms with Gasteiger partial charge in [0.2, 0.25) is 0 Å². The topological polar surface area (TPSA) is 23.5 Å². The number of rotatable bonds is 6. The van der Waals surface area contributed by atoms with Crippen molar-refractivity contribution in [3.8, 4) is 0 Å². The fraction of sp³-hybridized carbons (Fsp3) is 0.625. The van der Waals surface area contributed by atoms with E-state index in [2.05, 4.69) is 29.2 Å². The molecule has 0 spiro atoms. The predicted molar refractivity (Wildman–Crippen MR) is 74.7 cm³/mol. The molecule has 0 aromatic heterocycles. The minimum absolute atomic E-state index is 0.362. The number of benzene rings is 1. The minimum Gasteiger partial charge on any atom is -0.389 e. The predicted octanol–water partition coefficient (Wildman–Crippen LogP) is 3.37. The van der Waals surface area contributed by atoms with Crippen LogP contribution in [-0.2, 0) is 0 Å². The summed E-state index contributed by atoms with van der Waals surface area (Å²) in [5, 5.41) is 9.55. The van der Waals surface area contributed by atoms with E-state index in [1.165, 1.54) is 44.5 Å². The highest BCUT2D eigenvalue weighted by Crippen LogP contribution is 2.35. The average Bonchev–Trinajstić information content (AvgIpc) is 3.23. The molecular formula is C16H23NO. The Morgan fingerprint density at radius 3 is 1.94 bits per heavy atom. The van der Waals surface area contributed by atoms with E-state index in [4.69, 9.17) is 0 Å². The van der Waals surface area contributed by atoms with Gasteiger partial charge in [0.25, 0.3) is 0 Å². The number of aliphatic hydroxyl groups is 1. The Kier molecular flexibility index (Phi) is 3.29. The van der Waals surface area contributed by atoms with Crippen LogP contribution in [0.2, 0.25) is 0 Å². The molecule has 98 valence electrons. The third-order valence-electron chi connectivity index (χ3n) is 4.09. The first-order valence-electron chi connectivity index (χ1n) is 7.25. The van der Waals surface area contributed by atoms with Crippen molar-refractivity contribution in [1.29, 1.82) is 0 Å². The summed E-state index contributed by atoms with van der Waals surface area (Å²) in [7, 11) is 0. The van der Waals surface area contributed by atoms with Crippen molar-refractivity contribution in [2.24, 2.45) is 11.8 Å².